The van der Waals surface area contributed by atoms with Crippen molar-refractivity contribution in [1.82, 2.24) is 4.90 Å². The van der Waals surface area contributed by atoms with Gasteiger partial charge in [0.15, 0.2) is 0 Å². The van der Waals surface area contributed by atoms with Gasteiger partial charge in [-0.2, -0.15) is 0 Å². The normalized spacial score (nSPS) is 31.1. The maximum absolute atomic E-state index is 9.83. The topological polar surface area (TPSA) is 23.5 Å². The third-order valence-corrected chi connectivity index (χ3v) is 3.83. The third kappa shape index (κ3) is 2.48. The summed E-state index contributed by atoms with van der Waals surface area (Å²) in [6.07, 6.45) is 3.20. The molecule has 1 N–H and O–H groups in total. The SMILES string of the molecule is CC(N(C)C1CCCC1O)C(C)(C)C. The second-order valence-corrected chi connectivity index (χ2v) is 5.77. The minimum Gasteiger partial charge on any atom is -0.391 e. The molecule has 3 atom stereocenters. The number of hydrogen-bond donors (Lipinski definition) is 1. The highest BCUT2D eigenvalue weighted by atomic mass is 16.3. The van der Waals surface area contributed by atoms with Crippen LogP contribution in [-0.4, -0.2) is 35.2 Å². The first kappa shape index (κ1) is 12.0. The van der Waals surface area contributed by atoms with E-state index in [0.717, 1.165) is 12.8 Å². The molecule has 1 saturated carbocycles. The molecular formula is C12H25NO. The van der Waals surface area contributed by atoms with Crippen LogP contribution in [0.4, 0.5) is 0 Å². The number of rotatable bonds is 2. The number of aliphatic hydroxyl groups is 1. The van der Waals surface area contributed by atoms with E-state index in [1.54, 1.807) is 0 Å². The maximum atomic E-state index is 9.83. The van der Waals surface area contributed by atoms with Gasteiger partial charge in [-0.15, -0.1) is 0 Å². The first-order valence-electron chi connectivity index (χ1n) is 5.74. The molecule has 0 aliphatic heterocycles. The summed E-state index contributed by atoms with van der Waals surface area (Å²) < 4.78 is 0. The smallest absolute Gasteiger partial charge is 0.0695 e. The number of likely N-dealkylation sites (N-methyl/N-ethyl adjacent to an activating group) is 1. The predicted octanol–water partition coefficient (Wildman–Crippen LogP) is 2.27. The number of nitrogens with zero attached hydrogens (tertiary/aromatic N) is 1. The van der Waals surface area contributed by atoms with Crippen molar-refractivity contribution in [2.45, 2.75) is 65.1 Å². The lowest BCUT2D eigenvalue weighted by atomic mass is 9.86. The van der Waals surface area contributed by atoms with Crippen LogP contribution < -0.4 is 0 Å². The van der Waals surface area contributed by atoms with Crippen LogP contribution >= 0.6 is 0 Å². The Kier molecular flexibility index (Phi) is 3.59. The van der Waals surface area contributed by atoms with Gasteiger partial charge >= 0.3 is 0 Å². The summed E-state index contributed by atoms with van der Waals surface area (Å²) in [5.41, 5.74) is 0.289. The molecule has 2 heteroatoms. The summed E-state index contributed by atoms with van der Waals surface area (Å²) in [4.78, 5) is 2.36. The van der Waals surface area contributed by atoms with Crippen LogP contribution in [-0.2, 0) is 0 Å². The zero-order valence-electron chi connectivity index (χ0n) is 10.2. The third-order valence-electron chi connectivity index (χ3n) is 3.83. The van der Waals surface area contributed by atoms with Crippen LogP contribution in [0.2, 0.25) is 0 Å². The molecular weight excluding hydrogens is 174 g/mol. The lowest BCUT2D eigenvalue weighted by Crippen LogP contribution is -2.48. The van der Waals surface area contributed by atoms with E-state index in [9.17, 15) is 5.11 Å². The van der Waals surface area contributed by atoms with Crippen molar-refractivity contribution in [1.29, 1.82) is 0 Å². The molecule has 0 aromatic carbocycles. The van der Waals surface area contributed by atoms with Crippen LogP contribution in [0.1, 0.15) is 47.0 Å². The van der Waals surface area contributed by atoms with Crippen LogP contribution in [0.5, 0.6) is 0 Å². The Hall–Kier alpha value is -0.0800. The fourth-order valence-corrected chi connectivity index (χ4v) is 2.29. The molecule has 1 aliphatic rings. The summed E-state index contributed by atoms with van der Waals surface area (Å²) >= 11 is 0. The summed E-state index contributed by atoms with van der Waals surface area (Å²) in [5, 5.41) is 9.83. The molecule has 2 nitrogen and oxygen atoms in total. The zero-order chi connectivity index (χ0) is 10.9. The van der Waals surface area contributed by atoms with E-state index in [1.807, 2.05) is 0 Å². The first-order valence-corrected chi connectivity index (χ1v) is 5.74. The highest BCUT2D eigenvalue weighted by Gasteiger charge is 2.34. The molecule has 1 aliphatic carbocycles. The van der Waals surface area contributed by atoms with Crippen molar-refractivity contribution in [2.24, 2.45) is 5.41 Å². The van der Waals surface area contributed by atoms with Gasteiger partial charge in [0, 0.05) is 12.1 Å². The standard InChI is InChI=1S/C12H25NO/c1-9(12(2,3)4)13(5)10-7-6-8-11(10)14/h9-11,14H,6-8H2,1-5H3. The van der Waals surface area contributed by atoms with Crippen molar-refractivity contribution >= 4 is 0 Å². The van der Waals surface area contributed by atoms with Gasteiger partial charge in [-0.3, -0.25) is 4.90 Å². The van der Waals surface area contributed by atoms with E-state index in [0.29, 0.717) is 12.1 Å². The van der Waals surface area contributed by atoms with Gasteiger partial charge in [-0.05, 0) is 38.6 Å². The molecule has 0 aromatic heterocycles. The zero-order valence-corrected chi connectivity index (χ0v) is 10.2. The Bertz CT molecular complexity index is 183. The molecule has 1 fully saturated rings. The van der Waals surface area contributed by atoms with Gasteiger partial charge in [-0.1, -0.05) is 20.8 Å². The molecule has 14 heavy (non-hydrogen) atoms. The van der Waals surface area contributed by atoms with E-state index in [4.69, 9.17) is 0 Å². The minimum atomic E-state index is -0.107. The van der Waals surface area contributed by atoms with Crippen LogP contribution in [0.15, 0.2) is 0 Å². The Morgan fingerprint density at radius 2 is 1.86 bits per heavy atom. The summed E-state index contributed by atoms with van der Waals surface area (Å²) in [5.74, 6) is 0. The number of hydrogen-bond acceptors (Lipinski definition) is 2. The molecule has 0 heterocycles. The van der Waals surface area contributed by atoms with Gasteiger partial charge in [0.25, 0.3) is 0 Å². The lowest BCUT2D eigenvalue weighted by Gasteiger charge is -2.40. The average Bonchev–Trinajstić information content (AvgIpc) is 2.47. The molecule has 84 valence electrons. The Labute approximate surface area is 88.3 Å². The molecule has 3 unspecified atom stereocenters. The van der Waals surface area contributed by atoms with E-state index in [-0.39, 0.29) is 11.5 Å². The average molecular weight is 199 g/mol. The monoisotopic (exact) mass is 199 g/mol. The van der Waals surface area contributed by atoms with Gasteiger partial charge in [-0.25, -0.2) is 0 Å². The molecule has 0 aromatic rings. The summed E-state index contributed by atoms with van der Waals surface area (Å²) in [6, 6.07) is 0.893. The van der Waals surface area contributed by atoms with Crippen molar-refractivity contribution in [2.75, 3.05) is 7.05 Å². The largest absolute Gasteiger partial charge is 0.391 e. The second kappa shape index (κ2) is 4.19. The fourth-order valence-electron chi connectivity index (χ4n) is 2.29. The molecule has 1 rings (SSSR count). The fraction of sp³-hybridized carbons (Fsp3) is 1.00. The molecule has 0 bridgehead atoms. The van der Waals surface area contributed by atoms with Crippen LogP contribution in [0.3, 0.4) is 0 Å². The number of aliphatic hydroxyl groups excluding tert-OH is 1. The quantitative estimate of drug-likeness (QED) is 0.737. The maximum Gasteiger partial charge on any atom is 0.0695 e. The minimum absolute atomic E-state index is 0.107. The Balaban J connectivity index is 2.60. The van der Waals surface area contributed by atoms with Crippen LogP contribution in [0, 0.1) is 5.41 Å². The van der Waals surface area contributed by atoms with E-state index in [1.165, 1.54) is 6.42 Å². The van der Waals surface area contributed by atoms with Crippen molar-refractivity contribution in [3.63, 3.8) is 0 Å². The van der Waals surface area contributed by atoms with Crippen LogP contribution in [0.25, 0.3) is 0 Å². The van der Waals surface area contributed by atoms with Crippen molar-refractivity contribution in [3.8, 4) is 0 Å². The van der Waals surface area contributed by atoms with Crippen molar-refractivity contribution in [3.05, 3.63) is 0 Å². The van der Waals surface area contributed by atoms with Gasteiger partial charge in [0.1, 0.15) is 0 Å². The van der Waals surface area contributed by atoms with Gasteiger partial charge < -0.3 is 5.11 Å². The molecule has 0 amide bonds. The van der Waals surface area contributed by atoms with Crippen molar-refractivity contribution < 1.29 is 5.11 Å². The highest BCUT2D eigenvalue weighted by Crippen LogP contribution is 2.30. The lowest BCUT2D eigenvalue weighted by molar-refractivity contribution is 0.0322. The highest BCUT2D eigenvalue weighted by molar-refractivity contribution is 4.89. The van der Waals surface area contributed by atoms with E-state index >= 15 is 0 Å². The molecule has 0 saturated heterocycles. The Morgan fingerprint density at radius 3 is 2.21 bits per heavy atom. The predicted molar refractivity (Wildman–Crippen MR) is 60.3 cm³/mol. The molecule has 0 radical (unpaired) electrons. The first-order chi connectivity index (χ1) is 6.34. The van der Waals surface area contributed by atoms with Gasteiger partial charge in [0.2, 0.25) is 0 Å². The van der Waals surface area contributed by atoms with E-state index < -0.39 is 0 Å². The van der Waals surface area contributed by atoms with E-state index in [2.05, 4.69) is 39.6 Å². The Morgan fingerprint density at radius 1 is 1.29 bits per heavy atom. The molecule has 0 spiro atoms. The second-order valence-electron chi connectivity index (χ2n) is 5.77. The summed E-state index contributed by atoms with van der Waals surface area (Å²) in [6.45, 7) is 9.03. The van der Waals surface area contributed by atoms with Gasteiger partial charge in [0.05, 0.1) is 6.10 Å². The summed E-state index contributed by atoms with van der Waals surface area (Å²) in [7, 11) is 2.15.